The fraction of sp³-hybridized carbons (Fsp3) is 0.409. The summed E-state index contributed by atoms with van der Waals surface area (Å²) in [7, 11) is 1.64. The topological polar surface area (TPSA) is 59.6 Å². The normalized spacial score (nSPS) is 10.4. The minimum Gasteiger partial charge on any atom is -0.497 e. The Morgan fingerprint density at radius 1 is 1.00 bits per heavy atom. The Labute approximate surface area is 162 Å². The van der Waals surface area contributed by atoms with Crippen molar-refractivity contribution in [2.45, 2.75) is 39.2 Å². The molecule has 0 fully saturated rings. The van der Waals surface area contributed by atoms with E-state index >= 15 is 0 Å². The summed E-state index contributed by atoms with van der Waals surface area (Å²) in [6, 6.07) is 15.3. The molecule has 0 unspecified atom stereocenters. The molecule has 0 saturated carbocycles. The highest BCUT2D eigenvalue weighted by Crippen LogP contribution is 2.18. The number of hydrogen-bond acceptors (Lipinski definition) is 4. The molecule has 27 heavy (non-hydrogen) atoms. The number of amides is 1. The molecule has 0 aliphatic rings. The van der Waals surface area contributed by atoms with Crippen LogP contribution in [0.5, 0.6) is 11.5 Å². The standard InChI is InChI=1S/C22H30N2O3/c1-3-4-5-6-14-27-21-9-7-8-19(15-21)24-22(25)17-23-16-18-10-12-20(26-2)13-11-18/h7-13,15,23H,3-6,14,16-17H2,1-2H3,(H,24,25). The van der Waals surface area contributed by atoms with Crippen LogP contribution >= 0.6 is 0 Å². The number of unbranched alkanes of at least 4 members (excludes halogenated alkanes) is 3. The molecule has 0 radical (unpaired) electrons. The summed E-state index contributed by atoms with van der Waals surface area (Å²) in [5, 5.41) is 6.04. The summed E-state index contributed by atoms with van der Waals surface area (Å²) < 4.78 is 10.9. The Hall–Kier alpha value is -2.53. The molecule has 0 atom stereocenters. The van der Waals surface area contributed by atoms with Gasteiger partial charge in [-0.1, -0.05) is 44.4 Å². The molecule has 0 saturated heterocycles. The second-order valence-electron chi connectivity index (χ2n) is 6.44. The average molecular weight is 370 g/mol. The second kappa shape index (κ2) is 12.0. The van der Waals surface area contributed by atoms with Crippen molar-refractivity contribution in [3.63, 3.8) is 0 Å². The lowest BCUT2D eigenvalue weighted by atomic mass is 10.2. The first-order valence-electron chi connectivity index (χ1n) is 9.57. The molecule has 2 rings (SSSR count). The maximum absolute atomic E-state index is 12.1. The van der Waals surface area contributed by atoms with Gasteiger partial charge >= 0.3 is 0 Å². The van der Waals surface area contributed by atoms with Crippen LogP contribution in [0, 0.1) is 0 Å². The molecule has 2 N–H and O–H groups in total. The number of hydrogen-bond donors (Lipinski definition) is 2. The first-order chi connectivity index (χ1) is 13.2. The number of benzene rings is 2. The molecule has 0 heterocycles. The van der Waals surface area contributed by atoms with Gasteiger partial charge in [0.15, 0.2) is 0 Å². The van der Waals surface area contributed by atoms with E-state index in [2.05, 4.69) is 17.6 Å². The monoisotopic (exact) mass is 370 g/mol. The number of carbonyl (C=O) groups excluding carboxylic acids is 1. The Morgan fingerprint density at radius 3 is 2.56 bits per heavy atom. The fourth-order valence-corrected chi connectivity index (χ4v) is 2.65. The largest absolute Gasteiger partial charge is 0.497 e. The van der Waals surface area contributed by atoms with Crippen LogP contribution in [-0.4, -0.2) is 26.2 Å². The summed E-state index contributed by atoms with van der Waals surface area (Å²) in [6.07, 6.45) is 4.70. The van der Waals surface area contributed by atoms with Gasteiger partial charge in [0, 0.05) is 18.3 Å². The third kappa shape index (κ3) is 8.13. The summed E-state index contributed by atoms with van der Waals surface area (Å²) in [6.45, 7) is 3.77. The van der Waals surface area contributed by atoms with Crippen molar-refractivity contribution < 1.29 is 14.3 Å². The van der Waals surface area contributed by atoms with E-state index in [1.165, 1.54) is 19.3 Å². The van der Waals surface area contributed by atoms with Gasteiger partial charge < -0.3 is 20.1 Å². The SMILES string of the molecule is CCCCCCOc1cccc(NC(=O)CNCc2ccc(OC)cc2)c1. The third-order valence-electron chi connectivity index (χ3n) is 4.16. The lowest BCUT2D eigenvalue weighted by molar-refractivity contribution is -0.115. The highest BCUT2D eigenvalue weighted by Gasteiger charge is 2.04. The van der Waals surface area contributed by atoms with Crippen LogP contribution in [0.4, 0.5) is 5.69 Å². The van der Waals surface area contributed by atoms with Crippen LogP contribution in [0.3, 0.4) is 0 Å². The number of methoxy groups -OCH3 is 1. The molecule has 0 bridgehead atoms. The molecule has 0 aromatic heterocycles. The van der Waals surface area contributed by atoms with Crippen LogP contribution in [0.2, 0.25) is 0 Å². The molecule has 0 spiro atoms. The van der Waals surface area contributed by atoms with Gasteiger partial charge in [-0.05, 0) is 36.2 Å². The number of anilines is 1. The molecule has 0 aliphatic heterocycles. The van der Waals surface area contributed by atoms with Gasteiger partial charge in [-0.3, -0.25) is 4.79 Å². The molecular formula is C22H30N2O3. The van der Waals surface area contributed by atoms with Gasteiger partial charge in [0.2, 0.25) is 5.91 Å². The van der Waals surface area contributed by atoms with Crippen LogP contribution in [0.15, 0.2) is 48.5 Å². The van der Waals surface area contributed by atoms with E-state index in [0.717, 1.165) is 29.2 Å². The van der Waals surface area contributed by atoms with Gasteiger partial charge in [-0.25, -0.2) is 0 Å². The first-order valence-corrected chi connectivity index (χ1v) is 9.57. The third-order valence-corrected chi connectivity index (χ3v) is 4.16. The Balaban J connectivity index is 1.70. The zero-order valence-corrected chi connectivity index (χ0v) is 16.3. The van der Waals surface area contributed by atoms with E-state index in [-0.39, 0.29) is 12.5 Å². The number of nitrogens with one attached hydrogen (secondary N) is 2. The predicted molar refractivity (Wildman–Crippen MR) is 109 cm³/mol. The zero-order valence-electron chi connectivity index (χ0n) is 16.3. The molecule has 0 aliphatic carbocycles. The van der Waals surface area contributed by atoms with Crippen LogP contribution in [-0.2, 0) is 11.3 Å². The molecule has 1 amide bonds. The Morgan fingerprint density at radius 2 is 1.81 bits per heavy atom. The van der Waals surface area contributed by atoms with Gasteiger partial charge in [0.1, 0.15) is 11.5 Å². The molecule has 2 aromatic rings. The van der Waals surface area contributed by atoms with Crippen molar-refractivity contribution in [1.29, 1.82) is 0 Å². The van der Waals surface area contributed by atoms with E-state index in [1.807, 2.05) is 48.5 Å². The van der Waals surface area contributed by atoms with Crippen molar-refractivity contribution in [3.8, 4) is 11.5 Å². The van der Waals surface area contributed by atoms with Gasteiger partial charge in [0.25, 0.3) is 0 Å². The molecule has 5 heteroatoms. The van der Waals surface area contributed by atoms with Crippen molar-refractivity contribution in [2.75, 3.05) is 25.6 Å². The second-order valence-corrected chi connectivity index (χ2v) is 6.44. The summed E-state index contributed by atoms with van der Waals surface area (Å²) in [5.74, 6) is 1.53. The highest BCUT2D eigenvalue weighted by atomic mass is 16.5. The quantitative estimate of drug-likeness (QED) is 0.544. The first kappa shape index (κ1) is 20.8. The summed E-state index contributed by atoms with van der Waals surface area (Å²) in [5.41, 5.74) is 1.85. The summed E-state index contributed by atoms with van der Waals surface area (Å²) >= 11 is 0. The van der Waals surface area contributed by atoms with E-state index in [4.69, 9.17) is 9.47 Å². The van der Waals surface area contributed by atoms with Crippen LogP contribution in [0.25, 0.3) is 0 Å². The highest BCUT2D eigenvalue weighted by molar-refractivity contribution is 5.92. The lowest BCUT2D eigenvalue weighted by Crippen LogP contribution is -2.27. The van der Waals surface area contributed by atoms with Crippen molar-refractivity contribution in [1.82, 2.24) is 5.32 Å². The van der Waals surface area contributed by atoms with Gasteiger partial charge in [0.05, 0.1) is 20.3 Å². The minimum absolute atomic E-state index is 0.0800. The van der Waals surface area contributed by atoms with Crippen LogP contribution < -0.4 is 20.1 Å². The van der Waals surface area contributed by atoms with Gasteiger partial charge in [-0.15, -0.1) is 0 Å². The lowest BCUT2D eigenvalue weighted by Gasteiger charge is -2.10. The average Bonchev–Trinajstić information content (AvgIpc) is 2.68. The Bertz CT molecular complexity index is 686. The maximum Gasteiger partial charge on any atom is 0.238 e. The van der Waals surface area contributed by atoms with Crippen LogP contribution in [0.1, 0.15) is 38.2 Å². The minimum atomic E-state index is -0.0800. The number of carbonyl (C=O) groups is 1. The van der Waals surface area contributed by atoms with E-state index in [1.54, 1.807) is 7.11 Å². The fourth-order valence-electron chi connectivity index (χ4n) is 2.65. The Kier molecular flexibility index (Phi) is 9.21. The molecule has 5 nitrogen and oxygen atoms in total. The smallest absolute Gasteiger partial charge is 0.238 e. The predicted octanol–water partition coefficient (Wildman–Crippen LogP) is 4.38. The maximum atomic E-state index is 12.1. The van der Waals surface area contributed by atoms with E-state index in [0.29, 0.717) is 13.2 Å². The number of ether oxygens (including phenoxy) is 2. The van der Waals surface area contributed by atoms with E-state index in [9.17, 15) is 4.79 Å². The van der Waals surface area contributed by atoms with E-state index < -0.39 is 0 Å². The molecular weight excluding hydrogens is 340 g/mol. The molecule has 146 valence electrons. The van der Waals surface area contributed by atoms with Crippen molar-refractivity contribution >= 4 is 11.6 Å². The van der Waals surface area contributed by atoms with Crippen molar-refractivity contribution in [2.24, 2.45) is 0 Å². The zero-order chi connectivity index (χ0) is 19.3. The number of rotatable bonds is 12. The van der Waals surface area contributed by atoms with Crippen molar-refractivity contribution in [3.05, 3.63) is 54.1 Å². The molecule has 2 aromatic carbocycles. The summed E-state index contributed by atoms with van der Waals surface area (Å²) in [4.78, 5) is 12.1. The van der Waals surface area contributed by atoms with Gasteiger partial charge in [-0.2, -0.15) is 0 Å².